The van der Waals surface area contributed by atoms with Crippen LogP contribution in [0.2, 0.25) is 0 Å². The van der Waals surface area contributed by atoms with E-state index in [2.05, 4.69) is 0 Å². The monoisotopic (exact) mass is 227 g/mol. The van der Waals surface area contributed by atoms with Gasteiger partial charge in [-0.15, -0.1) is 11.8 Å². The molecule has 2 aliphatic rings. The third kappa shape index (κ3) is 2.25. The second-order valence-electron chi connectivity index (χ2n) is 3.16. The summed E-state index contributed by atoms with van der Waals surface area (Å²) < 4.78 is 0. The highest BCUT2D eigenvalue weighted by Crippen LogP contribution is 2.39. The number of rotatable bonds is 1. The summed E-state index contributed by atoms with van der Waals surface area (Å²) in [5, 5.41) is 0. The second-order valence-corrected chi connectivity index (χ2v) is 4.33. The van der Waals surface area contributed by atoms with E-state index in [0.29, 0.717) is 6.54 Å². The number of hydrogen-bond donors (Lipinski definition) is 0. The first-order valence-corrected chi connectivity index (χ1v) is 6.42. The van der Waals surface area contributed by atoms with Gasteiger partial charge in [0.05, 0.1) is 5.92 Å². The number of carbonyl (C=O) groups excluding carboxylic acids is 2. The van der Waals surface area contributed by atoms with E-state index in [1.807, 2.05) is 20.8 Å². The third-order valence-electron chi connectivity index (χ3n) is 2.43. The van der Waals surface area contributed by atoms with Gasteiger partial charge in [-0.2, -0.15) is 0 Å². The highest BCUT2D eigenvalue weighted by molar-refractivity contribution is 8.03. The van der Waals surface area contributed by atoms with Crippen molar-refractivity contribution in [1.82, 2.24) is 4.90 Å². The molecule has 3 nitrogen and oxygen atoms in total. The van der Waals surface area contributed by atoms with Gasteiger partial charge in [-0.3, -0.25) is 14.5 Å². The Labute approximate surface area is 94.9 Å². The zero-order chi connectivity index (χ0) is 11.4. The second kappa shape index (κ2) is 5.35. The molecule has 0 aliphatic carbocycles. The largest absolute Gasteiger partial charge is 0.279 e. The van der Waals surface area contributed by atoms with Gasteiger partial charge in [0.1, 0.15) is 0 Å². The Kier molecular flexibility index (Phi) is 4.39. The van der Waals surface area contributed by atoms with Gasteiger partial charge in [-0.25, -0.2) is 0 Å². The van der Waals surface area contributed by atoms with Crippen molar-refractivity contribution in [2.24, 2.45) is 5.92 Å². The van der Waals surface area contributed by atoms with Crippen molar-refractivity contribution in [3.8, 4) is 0 Å². The molecule has 1 unspecified atom stereocenters. The Morgan fingerprint density at radius 3 is 2.73 bits per heavy atom. The summed E-state index contributed by atoms with van der Waals surface area (Å²) in [7, 11) is 0. The minimum atomic E-state index is -0.145. The number of nitrogens with zero attached hydrogens (tertiary/aromatic N) is 1. The molecule has 1 saturated heterocycles. The Balaban J connectivity index is 0.000000531. The van der Waals surface area contributed by atoms with Crippen LogP contribution in [0.3, 0.4) is 0 Å². The van der Waals surface area contributed by atoms with Crippen molar-refractivity contribution < 1.29 is 9.59 Å². The lowest BCUT2D eigenvalue weighted by Gasteiger charge is -2.25. The molecule has 15 heavy (non-hydrogen) atoms. The molecule has 0 radical (unpaired) electrons. The van der Waals surface area contributed by atoms with Crippen LogP contribution in [0.5, 0.6) is 0 Å². The Bertz CT molecular complexity index is 299. The SMILES string of the molecule is CC.CCN1C(=O)C=C2SCCC2C1=O. The van der Waals surface area contributed by atoms with E-state index in [1.54, 1.807) is 17.8 Å². The van der Waals surface area contributed by atoms with Crippen molar-refractivity contribution in [1.29, 1.82) is 0 Å². The van der Waals surface area contributed by atoms with Crippen molar-refractivity contribution in [3.05, 3.63) is 11.0 Å². The fraction of sp³-hybridized carbons (Fsp3) is 0.636. The van der Waals surface area contributed by atoms with E-state index in [9.17, 15) is 9.59 Å². The van der Waals surface area contributed by atoms with Crippen molar-refractivity contribution in [2.45, 2.75) is 27.2 Å². The Morgan fingerprint density at radius 2 is 2.13 bits per heavy atom. The van der Waals surface area contributed by atoms with Crippen LogP contribution in [0, 0.1) is 5.92 Å². The first-order valence-electron chi connectivity index (χ1n) is 5.43. The lowest BCUT2D eigenvalue weighted by molar-refractivity contribution is -0.144. The summed E-state index contributed by atoms with van der Waals surface area (Å²) in [6.07, 6.45) is 2.51. The van der Waals surface area contributed by atoms with Gasteiger partial charge in [-0.1, -0.05) is 13.8 Å². The number of imide groups is 1. The summed E-state index contributed by atoms with van der Waals surface area (Å²) in [6, 6.07) is 0. The van der Waals surface area contributed by atoms with Gasteiger partial charge in [0, 0.05) is 17.5 Å². The van der Waals surface area contributed by atoms with Gasteiger partial charge < -0.3 is 0 Å². The summed E-state index contributed by atoms with van der Waals surface area (Å²) in [5.74, 6) is 0.804. The van der Waals surface area contributed by atoms with E-state index >= 15 is 0 Å². The predicted octanol–water partition coefficient (Wildman–Crippen LogP) is 2.04. The molecule has 4 heteroatoms. The summed E-state index contributed by atoms with van der Waals surface area (Å²) >= 11 is 1.64. The number of amides is 2. The minimum Gasteiger partial charge on any atom is -0.279 e. The van der Waals surface area contributed by atoms with Crippen LogP contribution in [0.1, 0.15) is 27.2 Å². The fourth-order valence-corrected chi connectivity index (χ4v) is 2.93. The normalized spacial score (nSPS) is 24.3. The molecule has 0 bridgehead atoms. The molecule has 0 aromatic carbocycles. The average Bonchev–Trinajstić information content (AvgIpc) is 2.69. The zero-order valence-electron chi connectivity index (χ0n) is 9.45. The van der Waals surface area contributed by atoms with Crippen LogP contribution in [0.4, 0.5) is 0 Å². The molecular formula is C11H17NO2S. The van der Waals surface area contributed by atoms with Crippen LogP contribution in [0.15, 0.2) is 11.0 Å². The van der Waals surface area contributed by atoms with Gasteiger partial charge in [-0.05, 0) is 19.1 Å². The maximum absolute atomic E-state index is 11.7. The predicted molar refractivity (Wildman–Crippen MR) is 62.4 cm³/mol. The van der Waals surface area contributed by atoms with Crippen molar-refractivity contribution >= 4 is 23.6 Å². The Morgan fingerprint density at radius 1 is 1.47 bits per heavy atom. The molecule has 0 saturated carbocycles. The van der Waals surface area contributed by atoms with Crippen molar-refractivity contribution in [2.75, 3.05) is 12.3 Å². The first kappa shape index (κ1) is 12.3. The molecule has 0 spiro atoms. The highest BCUT2D eigenvalue weighted by atomic mass is 32.2. The van der Waals surface area contributed by atoms with Gasteiger partial charge in [0.2, 0.25) is 5.91 Å². The van der Waals surface area contributed by atoms with E-state index < -0.39 is 0 Å². The van der Waals surface area contributed by atoms with Gasteiger partial charge in [0.25, 0.3) is 5.91 Å². The summed E-state index contributed by atoms with van der Waals surface area (Å²) in [6.45, 7) is 6.32. The quantitative estimate of drug-likeness (QED) is 0.643. The molecule has 0 N–H and O–H groups in total. The molecule has 1 atom stereocenters. The maximum Gasteiger partial charge on any atom is 0.253 e. The van der Waals surface area contributed by atoms with Crippen LogP contribution >= 0.6 is 11.8 Å². The number of carbonyl (C=O) groups is 2. The maximum atomic E-state index is 11.7. The molecular weight excluding hydrogens is 210 g/mol. The molecule has 0 aromatic rings. The van der Waals surface area contributed by atoms with E-state index in [1.165, 1.54) is 4.90 Å². The van der Waals surface area contributed by atoms with E-state index in [0.717, 1.165) is 17.1 Å². The smallest absolute Gasteiger partial charge is 0.253 e. The number of hydrogen-bond acceptors (Lipinski definition) is 3. The number of thioether (sulfide) groups is 1. The van der Waals surface area contributed by atoms with Crippen molar-refractivity contribution in [3.63, 3.8) is 0 Å². The third-order valence-corrected chi connectivity index (χ3v) is 3.61. The average molecular weight is 227 g/mol. The van der Waals surface area contributed by atoms with Crippen LogP contribution < -0.4 is 0 Å². The summed E-state index contributed by atoms with van der Waals surface area (Å²) in [5.41, 5.74) is 0. The Hall–Kier alpha value is -0.770. The van der Waals surface area contributed by atoms with Gasteiger partial charge >= 0.3 is 0 Å². The molecule has 2 amide bonds. The molecule has 1 fully saturated rings. The fourth-order valence-electron chi connectivity index (χ4n) is 1.73. The molecule has 2 heterocycles. The van der Waals surface area contributed by atoms with Gasteiger partial charge in [0.15, 0.2) is 0 Å². The minimum absolute atomic E-state index is 0.00463. The number of fused-ring (bicyclic) bond motifs is 1. The van der Waals surface area contributed by atoms with Crippen LogP contribution in [0.25, 0.3) is 0 Å². The van der Waals surface area contributed by atoms with E-state index in [-0.39, 0.29) is 17.7 Å². The highest BCUT2D eigenvalue weighted by Gasteiger charge is 2.37. The molecule has 0 aromatic heterocycles. The number of likely N-dealkylation sites (N-methyl/N-ethyl adjacent to an activating group) is 1. The lowest BCUT2D eigenvalue weighted by Crippen LogP contribution is -2.42. The molecule has 2 rings (SSSR count). The summed E-state index contributed by atoms with van der Waals surface area (Å²) in [4.78, 5) is 25.4. The lowest BCUT2D eigenvalue weighted by atomic mass is 10.0. The standard InChI is InChI=1S/C9H11NO2S.C2H6/c1-2-10-8(11)5-7-6(9(10)12)3-4-13-7;1-2/h5-6H,2-4H2,1H3;1-2H3. The van der Waals surface area contributed by atoms with E-state index in [4.69, 9.17) is 0 Å². The topological polar surface area (TPSA) is 37.4 Å². The first-order chi connectivity index (χ1) is 7.24. The van der Waals surface area contributed by atoms with Crippen LogP contribution in [-0.4, -0.2) is 29.0 Å². The molecule has 2 aliphatic heterocycles. The molecule has 84 valence electrons. The zero-order valence-corrected chi connectivity index (χ0v) is 10.3. The van der Waals surface area contributed by atoms with Crippen LogP contribution in [-0.2, 0) is 9.59 Å².